The lowest BCUT2D eigenvalue weighted by Crippen LogP contribution is -2.23. The summed E-state index contributed by atoms with van der Waals surface area (Å²) < 4.78 is 4.98. The van der Waals surface area contributed by atoms with Crippen molar-refractivity contribution in [3.05, 3.63) is 146 Å². The molecule has 0 radical (unpaired) electrons. The molecule has 3 nitrogen and oxygen atoms in total. The number of rotatable bonds is 4. The van der Waals surface area contributed by atoms with Gasteiger partial charge < -0.3 is 9.88 Å². The summed E-state index contributed by atoms with van der Waals surface area (Å²) >= 11 is 1.87. The van der Waals surface area contributed by atoms with Crippen LogP contribution in [0.1, 0.15) is 11.7 Å². The predicted molar refractivity (Wildman–Crippen MR) is 169 cm³/mol. The van der Waals surface area contributed by atoms with Crippen LogP contribution in [0.15, 0.2) is 140 Å². The fraction of sp³-hybridized carbons (Fsp3) is 0.0278. The van der Waals surface area contributed by atoms with Crippen LogP contribution in [0, 0.1) is 0 Å². The summed E-state index contributed by atoms with van der Waals surface area (Å²) in [4.78, 5) is 5.22. The molecule has 4 aromatic carbocycles. The first-order valence-electron chi connectivity index (χ1n) is 13.5. The zero-order valence-electron chi connectivity index (χ0n) is 21.7. The first kappa shape index (κ1) is 23.0. The predicted octanol–water partition coefficient (Wildman–Crippen LogP) is 9.44. The van der Waals surface area contributed by atoms with Crippen LogP contribution in [0.3, 0.4) is 0 Å². The summed E-state index contributed by atoms with van der Waals surface area (Å²) in [5, 5.41) is 7.55. The van der Waals surface area contributed by atoms with Gasteiger partial charge in [-0.1, -0.05) is 84.9 Å². The molecular formula is C36H25N3S. The van der Waals surface area contributed by atoms with E-state index in [4.69, 9.17) is 4.98 Å². The monoisotopic (exact) mass is 531 g/mol. The summed E-state index contributed by atoms with van der Waals surface area (Å²) in [6.07, 6.45) is 8.50. The van der Waals surface area contributed by atoms with Gasteiger partial charge in [0.15, 0.2) is 0 Å². The van der Waals surface area contributed by atoms with Gasteiger partial charge in [0, 0.05) is 37.3 Å². The zero-order valence-corrected chi connectivity index (χ0v) is 22.5. The van der Waals surface area contributed by atoms with E-state index in [-0.39, 0.29) is 6.04 Å². The number of pyridine rings is 1. The van der Waals surface area contributed by atoms with Gasteiger partial charge in [0.25, 0.3) is 0 Å². The molecule has 0 bridgehead atoms. The van der Waals surface area contributed by atoms with Crippen LogP contribution in [0.5, 0.6) is 0 Å². The molecule has 0 saturated carbocycles. The minimum absolute atomic E-state index is 0.107. The van der Waals surface area contributed by atoms with Gasteiger partial charge in [0.2, 0.25) is 0 Å². The highest BCUT2D eigenvalue weighted by molar-refractivity contribution is 7.26. The van der Waals surface area contributed by atoms with Gasteiger partial charge in [-0.25, -0.2) is 0 Å². The lowest BCUT2D eigenvalue weighted by atomic mass is 9.98. The van der Waals surface area contributed by atoms with Crippen molar-refractivity contribution in [2.75, 3.05) is 0 Å². The van der Waals surface area contributed by atoms with Crippen LogP contribution in [0.2, 0.25) is 0 Å². The van der Waals surface area contributed by atoms with Crippen LogP contribution < -0.4 is 5.32 Å². The van der Waals surface area contributed by atoms with Crippen LogP contribution in [-0.2, 0) is 0 Å². The lowest BCUT2D eigenvalue weighted by Gasteiger charge is -2.25. The molecule has 0 amide bonds. The molecule has 0 spiro atoms. The molecule has 40 heavy (non-hydrogen) atoms. The lowest BCUT2D eigenvalue weighted by molar-refractivity contribution is 0.710. The maximum atomic E-state index is 5.22. The van der Waals surface area contributed by atoms with Crippen molar-refractivity contribution in [3.63, 3.8) is 0 Å². The van der Waals surface area contributed by atoms with E-state index < -0.39 is 0 Å². The molecule has 1 N–H and O–H groups in total. The molecule has 7 aromatic rings. The number of dihydropyridines is 1. The highest BCUT2D eigenvalue weighted by Crippen LogP contribution is 2.41. The van der Waals surface area contributed by atoms with Crippen molar-refractivity contribution in [1.29, 1.82) is 0 Å². The van der Waals surface area contributed by atoms with Crippen molar-refractivity contribution < 1.29 is 0 Å². The van der Waals surface area contributed by atoms with Gasteiger partial charge in [0.1, 0.15) is 6.04 Å². The third kappa shape index (κ3) is 3.76. The summed E-state index contributed by atoms with van der Waals surface area (Å²) in [5.41, 5.74) is 7.75. The smallest absolute Gasteiger partial charge is 0.109 e. The van der Waals surface area contributed by atoms with Crippen molar-refractivity contribution in [2.24, 2.45) is 0 Å². The number of aromatic nitrogens is 2. The number of hydrogen-bond donors (Lipinski definition) is 1. The van der Waals surface area contributed by atoms with E-state index in [1.165, 1.54) is 36.6 Å². The third-order valence-electron chi connectivity index (χ3n) is 7.73. The molecule has 0 aliphatic carbocycles. The Balaban J connectivity index is 1.29. The Morgan fingerprint density at radius 1 is 0.675 bits per heavy atom. The quantitative estimate of drug-likeness (QED) is 0.245. The Morgan fingerprint density at radius 2 is 1.45 bits per heavy atom. The molecule has 190 valence electrons. The van der Waals surface area contributed by atoms with Gasteiger partial charge in [-0.3, -0.25) is 4.98 Å². The van der Waals surface area contributed by atoms with E-state index in [2.05, 4.69) is 137 Å². The molecule has 1 aliphatic rings. The van der Waals surface area contributed by atoms with Gasteiger partial charge in [-0.2, -0.15) is 0 Å². The fourth-order valence-corrected chi connectivity index (χ4v) is 7.04. The molecule has 0 fully saturated rings. The molecule has 3 aromatic heterocycles. The Labute approximate surface area is 236 Å². The number of allylic oxidation sites excluding steroid dienone is 2. The highest BCUT2D eigenvalue weighted by Gasteiger charge is 2.23. The number of thiophene rings is 1. The van der Waals surface area contributed by atoms with E-state index in [1.54, 1.807) is 0 Å². The van der Waals surface area contributed by atoms with Crippen LogP contribution in [0.4, 0.5) is 0 Å². The molecule has 1 unspecified atom stereocenters. The van der Waals surface area contributed by atoms with E-state index in [9.17, 15) is 0 Å². The normalized spacial score (nSPS) is 15.0. The Hall–Kier alpha value is -4.93. The van der Waals surface area contributed by atoms with Crippen molar-refractivity contribution in [2.45, 2.75) is 6.04 Å². The molecular weight excluding hydrogens is 506 g/mol. The van der Waals surface area contributed by atoms with Gasteiger partial charge in [-0.05, 0) is 59.8 Å². The van der Waals surface area contributed by atoms with Gasteiger partial charge >= 0.3 is 0 Å². The minimum atomic E-state index is -0.107. The number of benzene rings is 4. The Kier molecular flexibility index (Phi) is 5.39. The topological polar surface area (TPSA) is 29.9 Å². The Bertz CT molecular complexity index is 2020. The Morgan fingerprint density at radius 3 is 2.30 bits per heavy atom. The summed E-state index contributed by atoms with van der Waals surface area (Å²) in [5.74, 6) is 0. The first-order valence-corrected chi connectivity index (χ1v) is 14.3. The summed E-state index contributed by atoms with van der Waals surface area (Å²) in [7, 11) is 0. The van der Waals surface area contributed by atoms with Crippen LogP contribution in [0.25, 0.3) is 59.2 Å². The van der Waals surface area contributed by atoms with E-state index in [1.807, 2.05) is 23.6 Å². The zero-order chi connectivity index (χ0) is 26.5. The molecule has 4 heteroatoms. The highest BCUT2D eigenvalue weighted by atomic mass is 32.1. The second kappa shape index (κ2) is 9.37. The largest absolute Gasteiger partial charge is 0.378 e. The number of nitrogens with zero attached hydrogens (tertiary/aromatic N) is 2. The average Bonchev–Trinajstić information content (AvgIpc) is 3.63. The van der Waals surface area contributed by atoms with E-state index in [0.29, 0.717) is 0 Å². The van der Waals surface area contributed by atoms with Crippen LogP contribution in [-0.4, -0.2) is 9.55 Å². The van der Waals surface area contributed by atoms with E-state index in [0.717, 1.165) is 28.2 Å². The van der Waals surface area contributed by atoms with Crippen molar-refractivity contribution in [1.82, 2.24) is 14.9 Å². The number of fused-ring (bicyclic) bond motifs is 5. The SMILES string of the molecule is C1=CNC(c2cc(-c3ccccc3)cc(-c3ccccc3)n2)C(n2ccc3c4sc5ccccc5c4ccc32)=C1. The maximum Gasteiger partial charge on any atom is 0.109 e. The van der Waals surface area contributed by atoms with Gasteiger partial charge in [0.05, 0.1) is 22.6 Å². The third-order valence-corrected chi connectivity index (χ3v) is 8.95. The fourth-order valence-electron chi connectivity index (χ4n) is 5.82. The summed E-state index contributed by atoms with van der Waals surface area (Å²) in [6, 6.07) is 40.8. The van der Waals surface area contributed by atoms with Crippen molar-refractivity contribution in [3.8, 4) is 22.4 Å². The maximum absolute atomic E-state index is 5.22. The molecule has 1 atom stereocenters. The minimum Gasteiger partial charge on any atom is -0.378 e. The molecule has 4 heterocycles. The first-order chi connectivity index (χ1) is 19.8. The second-order valence-electron chi connectivity index (χ2n) is 10.1. The summed E-state index contributed by atoms with van der Waals surface area (Å²) in [6.45, 7) is 0. The van der Waals surface area contributed by atoms with E-state index >= 15 is 0 Å². The van der Waals surface area contributed by atoms with Crippen LogP contribution >= 0.6 is 11.3 Å². The average molecular weight is 532 g/mol. The standard InChI is InChI=1S/C36H25N3S/c1-3-10-24(11-4-1)26-22-30(25-12-5-2-6-13-25)38-31(23-26)35-33(15-9-20-37-35)39-21-19-29-32(39)18-17-28-27-14-7-8-16-34(27)40-36(28)29/h1-23,35,37H. The molecule has 8 rings (SSSR count). The van der Waals surface area contributed by atoms with Gasteiger partial charge in [-0.15, -0.1) is 11.3 Å². The second-order valence-corrected chi connectivity index (χ2v) is 11.2. The molecule has 1 aliphatic heterocycles. The molecule has 0 saturated heterocycles. The van der Waals surface area contributed by atoms with Crippen molar-refractivity contribution >= 4 is 48.1 Å². The number of hydrogen-bond acceptors (Lipinski definition) is 3. The number of nitrogens with one attached hydrogen (secondary N) is 1.